The van der Waals surface area contributed by atoms with E-state index in [2.05, 4.69) is 9.71 Å². The molecule has 9 heteroatoms. The Hall–Kier alpha value is -1.54. The van der Waals surface area contributed by atoms with Crippen molar-refractivity contribution in [2.24, 2.45) is 0 Å². The maximum absolute atomic E-state index is 12.1. The van der Waals surface area contributed by atoms with Crippen LogP contribution in [-0.4, -0.2) is 18.0 Å². The minimum absolute atomic E-state index is 0.212. The van der Waals surface area contributed by atoms with Crippen LogP contribution in [0, 0.1) is 0 Å². The van der Waals surface area contributed by atoms with Gasteiger partial charge in [0.1, 0.15) is 10.5 Å². The molecule has 0 bridgehead atoms. The average molecular weight is 374 g/mol. The standard InChI is InChI=1S/C13H9Cl2N3O2S2/c14-12-13(15)18(8-16-12)10-5-3-9(4-6-10)17-22(19,20)11-2-1-7-21-11/h1-8,17H. The van der Waals surface area contributed by atoms with Gasteiger partial charge in [0.25, 0.3) is 10.0 Å². The summed E-state index contributed by atoms with van der Waals surface area (Å²) >= 11 is 13.0. The monoisotopic (exact) mass is 373 g/mol. The maximum Gasteiger partial charge on any atom is 0.271 e. The first kappa shape index (κ1) is 15.4. The van der Waals surface area contributed by atoms with Gasteiger partial charge in [0.05, 0.1) is 0 Å². The van der Waals surface area contributed by atoms with E-state index in [9.17, 15) is 8.42 Å². The first-order chi connectivity index (χ1) is 10.5. The Bertz CT molecular complexity index is 888. The van der Waals surface area contributed by atoms with Gasteiger partial charge in [-0.1, -0.05) is 29.3 Å². The largest absolute Gasteiger partial charge is 0.288 e. The van der Waals surface area contributed by atoms with Crippen LogP contribution < -0.4 is 4.72 Å². The zero-order chi connectivity index (χ0) is 15.7. The Balaban J connectivity index is 1.85. The number of rotatable bonds is 4. The van der Waals surface area contributed by atoms with Crippen molar-refractivity contribution in [2.75, 3.05) is 4.72 Å². The van der Waals surface area contributed by atoms with Crippen LogP contribution >= 0.6 is 34.5 Å². The van der Waals surface area contributed by atoms with Gasteiger partial charge >= 0.3 is 0 Å². The van der Waals surface area contributed by atoms with Crippen LogP contribution in [0.4, 0.5) is 5.69 Å². The Kier molecular flexibility index (Phi) is 4.14. The second kappa shape index (κ2) is 5.92. The summed E-state index contributed by atoms with van der Waals surface area (Å²) in [5.74, 6) is 0. The molecular formula is C13H9Cl2N3O2S2. The van der Waals surface area contributed by atoms with E-state index in [1.54, 1.807) is 46.3 Å². The molecule has 0 aliphatic carbocycles. The SMILES string of the molecule is O=S(=O)(Nc1ccc(-n2cnc(Cl)c2Cl)cc1)c1cccs1. The molecule has 0 aliphatic rings. The molecule has 5 nitrogen and oxygen atoms in total. The summed E-state index contributed by atoms with van der Waals surface area (Å²) < 4.78 is 28.6. The van der Waals surface area contributed by atoms with Crippen molar-refractivity contribution in [3.63, 3.8) is 0 Å². The average Bonchev–Trinajstić information content (AvgIpc) is 3.12. The van der Waals surface area contributed by atoms with Crippen molar-refractivity contribution in [1.82, 2.24) is 9.55 Å². The van der Waals surface area contributed by atoms with E-state index in [0.717, 1.165) is 17.0 Å². The molecule has 0 saturated carbocycles. The lowest BCUT2D eigenvalue weighted by atomic mass is 10.3. The lowest BCUT2D eigenvalue weighted by molar-refractivity contribution is 0.603. The van der Waals surface area contributed by atoms with Gasteiger partial charge in [0.15, 0.2) is 10.3 Å². The molecule has 1 aromatic carbocycles. The van der Waals surface area contributed by atoms with Gasteiger partial charge in [-0.3, -0.25) is 9.29 Å². The van der Waals surface area contributed by atoms with Gasteiger partial charge < -0.3 is 0 Å². The molecule has 0 atom stereocenters. The zero-order valence-corrected chi connectivity index (χ0v) is 14.0. The summed E-state index contributed by atoms with van der Waals surface area (Å²) in [4.78, 5) is 3.89. The van der Waals surface area contributed by atoms with Crippen LogP contribution in [0.3, 0.4) is 0 Å². The predicted octanol–water partition coefficient (Wildman–Crippen LogP) is 4.04. The second-order valence-electron chi connectivity index (χ2n) is 4.28. The number of nitrogens with zero attached hydrogens (tertiary/aromatic N) is 2. The predicted molar refractivity (Wildman–Crippen MR) is 88.7 cm³/mol. The Morgan fingerprint density at radius 1 is 1.14 bits per heavy atom. The molecule has 0 amide bonds. The third-order valence-electron chi connectivity index (χ3n) is 2.83. The van der Waals surface area contributed by atoms with Crippen LogP contribution in [0.15, 0.2) is 52.3 Å². The minimum atomic E-state index is -3.55. The molecule has 1 N–H and O–H groups in total. The van der Waals surface area contributed by atoms with Crippen molar-refractivity contribution in [2.45, 2.75) is 4.21 Å². The summed E-state index contributed by atoms with van der Waals surface area (Å²) in [6.07, 6.45) is 1.50. The molecule has 0 saturated heterocycles. The number of hydrogen-bond donors (Lipinski definition) is 1. The summed E-state index contributed by atoms with van der Waals surface area (Å²) in [6.45, 7) is 0. The van der Waals surface area contributed by atoms with E-state index in [0.29, 0.717) is 10.8 Å². The summed E-state index contributed by atoms with van der Waals surface area (Å²) in [6, 6.07) is 9.96. The van der Waals surface area contributed by atoms with Gasteiger partial charge in [-0.2, -0.15) is 0 Å². The molecule has 0 radical (unpaired) electrons. The third kappa shape index (κ3) is 2.98. The van der Waals surface area contributed by atoms with Crippen LogP contribution in [0.1, 0.15) is 0 Å². The lowest BCUT2D eigenvalue weighted by Crippen LogP contribution is -2.11. The number of anilines is 1. The number of aromatic nitrogens is 2. The Labute approximate surface area is 141 Å². The van der Waals surface area contributed by atoms with E-state index in [4.69, 9.17) is 23.2 Å². The maximum atomic E-state index is 12.1. The number of hydrogen-bond acceptors (Lipinski definition) is 4. The number of thiophene rings is 1. The highest BCUT2D eigenvalue weighted by Gasteiger charge is 2.15. The number of imidazole rings is 1. The Morgan fingerprint density at radius 2 is 1.86 bits per heavy atom. The zero-order valence-electron chi connectivity index (χ0n) is 10.9. The first-order valence-corrected chi connectivity index (χ1v) is 9.14. The summed E-state index contributed by atoms with van der Waals surface area (Å²) in [7, 11) is -3.55. The molecule has 3 aromatic rings. The smallest absolute Gasteiger partial charge is 0.271 e. The first-order valence-electron chi connectivity index (χ1n) is 6.02. The number of nitrogens with one attached hydrogen (secondary N) is 1. The van der Waals surface area contributed by atoms with E-state index < -0.39 is 10.0 Å². The normalized spacial score (nSPS) is 11.5. The van der Waals surface area contributed by atoms with Gasteiger partial charge in [0.2, 0.25) is 0 Å². The quantitative estimate of drug-likeness (QED) is 0.750. The Morgan fingerprint density at radius 3 is 2.41 bits per heavy atom. The van der Waals surface area contributed by atoms with Crippen LogP contribution in [0.5, 0.6) is 0 Å². The van der Waals surface area contributed by atoms with Gasteiger partial charge in [0, 0.05) is 11.4 Å². The molecule has 0 fully saturated rings. The summed E-state index contributed by atoms with van der Waals surface area (Å²) in [5.41, 5.74) is 1.18. The van der Waals surface area contributed by atoms with Crippen molar-refractivity contribution < 1.29 is 8.42 Å². The van der Waals surface area contributed by atoms with Gasteiger partial charge in [-0.05, 0) is 35.7 Å². The highest BCUT2D eigenvalue weighted by molar-refractivity contribution is 7.94. The molecule has 2 heterocycles. The molecule has 0 unspecified atom stereocenters. The van der Waals surface area contributed by atoms with E-state index >= 15 is 0 Å². The van der Waals surface area contributed by atoms with E-state index in [-0.39, 0.29) is 9.36 Å². The molecular weight excluding hydrogens is 365 g/mol. The minimum Gasteiger partial charge on any atom is -0.288 e. The van der Waals surface area contributed by atoms with Gasteiger partial charge in [-0.15, -0.1) is 11.3 Å². The molecule has 0 spiro atoms. The number of sulfonamides is 1. The van der Waals surface area contributed by atoms with Crippen molar-refractivity contribution >= 4 is 50.2 Å². The fourth-order valence-corrected chi connectivity index (χ4v) is 4.18. The molecule has 0 aliphatic heterocycles. The highest BCUT2D eigenvalue weighted by atomic mass is 35.5. The molecule has 3 rings (SSSR count). The van der Waals surface area contributed by atoms with Crippen molar-refractivity contribution in [1.29, 1.82) is 0 Å². The summed E-state index contributed by atoms with van der Waals surface area (Å²) in [5, 5.41) is 2.22. The lowest BCUT2D eigenvalue weighted by Gasteiger charge is -2.08. The van der Waals surface area contributed by atoms with Crippen molar-refractivity contribution in [3.05, 3.63) is 58.4 Å². The van der Waals surface area contributed by atoms with Crippen LogP contribution in [0.25, 0.3) is 5.69 Å². The second-order valence-corrected chi connectivity index (χ2v) is 7.85. The topological polar surface area (TPSA) is 64.0 Å². The van der Waals surface area contributed by atoms with E-state index in [1.165, 1.54) is 6.33 Å². The third-order valence-corrected chi connectivity index (χ3v) is 6.34. The molecule has 114 valence electrons. The highest BCUT2D eigenvalue weighted by Crippen LogP contribution is 2.25. The van der Waals surface area contributed by atoms with Crippen LogP contribution in [-0.2, 0) is 10.0 Å². The molecule has 22 heavy (non-hydrogen) atoms. The van der Waals surface area contributed by atoms with E-state index in [1.807, 2.05) is 0 Å². The number of benzene rings is 1. The van der Waals surface area contributed by atoms with Gasteiger partial charge in [-0.25, -0.2) is 13.4 Å². The van der Waals surface area contributed by atoms with Crippen molar-refractivity contribution in [3.8, 4) is 5.69 Å². The molecule has 2 aromatic heterocycles. The number of halogens is 2. The fourth-order valence-electron chi connectivity index (χ4n) is 1.80. The fraction of sp³-hybridized carbons (Fsp3) is 0. The van der Waals surface area contributed by atoms with Crippen LogP contribution in [0.2, 0.25) is 10.3 Å².